The monoisotopic (exact) mass is 357 g/mol. The number of amides is 2. The lowest BCUT2D eigenvalue weighted by Crippen LogP contribution is -2.53. The van der Waals surface area contributed by atoms with E-state index in [2.05, 4.69) is 34.1 Å². The number of morpholine rings is 1. The molecule has 1 heterocycles. The Morgan fingerprint density at radius 2 is 1.80 bits per heavy atom. The summed E-state index contributed by atoms with van der Waals surface area (Å²) in [5, 5.41) is 5.88. The first-order valence-corrected chi connectivity index (χ1v) is 9.52. The minimum atomic E-state index is -0.206. The molecule has 0 saturated carbocycles. The second-order valence-corrected chi connectivity index (χ2v) is 6.46. The van der Waals surface area contributed by atoms with Crippen LogP contribution in [0.3, 0.4) is 0 Å². The summed E-state index contributed by atoms with van der Waals surface area (Å²) in [5.41, 5.74) is 0. The lowest BCUT2D eigenvalue weighted by atomic mass is 9.92. The highest BCUT2D eigenvalue weighted by atomic mass is 16.5. The Morgan fingerprint density at radius 3 is 2.40 bits per heavy atom. The molecule has 0 aromatic carbocycles. The quantitative estimate of drug-likeness (QED) is 0.435. The largest absolute Gasteiger partial charge is 0.469 e. The third-order valence-corrected chi connectivity index (χ3v) is 4.90. The third kappa shape index (κ3) is 8.54. The van der Waals surface area contributed by atoms with Crippen molar-refractivity contribution in [3.8, 4) is 0 Å². The number of urea groups is 1. The maximum atomic E-state index is 12.0. The fourth-order valence-corrected chi connectivity index (χ4v) is 3.29. The first-order chi connectivity index (χ1) is 12.1. The van der Waals surface area contributed by atoms with Gasteiger partial charge in [-0.3, -0.25) is 9.69 Å². The molecule has 1 aliphatic heterocycles. The van der Waals surface area contributed by atoms with Crippen LogP contribution in [0, 0.1) is 5.92 Å². The molecule has 2 amide bonds. The average Bonchev–Trinajstić information content (AvgIpc) is 2.65. The first-order valence-electron chi connectivity index (χ1n) is 9.52. The number of rotatable bonds is 11. The molecule has 1 atom stereocenters. The van der Waals surface area contributed by atoms with Gasteiger partial charge >= 0.3 is 12.0 Å². The van der Waals surface area contributed by atoms with Gasteiger partial charge < -0.3 is 20.1 Å². The van der Waals surface area contributed by atoms with Crippen molar-refractivity contribution in [3.63, 3.8) is 0 Å². The highest BCUT2D eigenvalue weighted by Gasteiger charge is 2.27. The zero-order chi connectivity index (χ0) is 18.5. The van der Waals surface area contributed by atoms with E-state index in [-0.39, 0.29) is 12.0 Å². The Labute approximate surface area is 151 Å². The van der Waals surface area contributed by atoms with Gasteiger partial charge in [0.25, 0.3) is 0 Å². The highest BCUT2D eigenvalue weighted by molar-refractivity contribution is 5.73. The number of nitrogens with one attached hydrogen (secondary N) is 2. The van der Waals surface area contributed by atoms with Crippen molar-refractivity contribution < 1.29 is 19.1 Å². The Kier molecular flexibility index (Phi) is 11.2. The molecule has 146 valence electrons. The van der Waals surface area contributed by atoms with Crippen LogP contribution in [0.2, 0.25) is 0 Å². The fourth-order valence-electron chi connectivity index (χ4n) is 3.29. The van der Waals surface area contributed by atoms with Crippen LogP contribution in [0.25, 0.3) is 0 Å². The summed E-state index contributed by atoms with van der Waals surface area (Å²) in [5.74, 6) is 0.362. The summed E-state index contributed by atoms with van der Waals surface area (Å²) in [4.78, 5) is 25.5. The van der Waals surface area contributed by atoms with Gasteiger partial charge in [-0.2, -0.15) is 0 Å². The molecule has 1 unspecified atom stereocenters. The molecule has 7 nitrogen and oxygen atoms in total. The third-order valence-electron chi connectivity index (χ3n) is 4.90. The molecule has 0 spiro atoms. The van der Waals surface area contributed by atoms with E-state index >= 15 is 0 Å². The van der Waals surface area contributed by atoms with Crippen molar-refractivity contribution in [2.24, 2.45) is 5.92 Å². The van der Waals surface area contributed by atoms with E-state index in [4.69, 9.17) is 4.74 Å². The maximum absolute atomic E-state index is 12.0. The van der Waals surface area contributed by atoms with Crippen LogP contribution in [0.1, 0.15) is 46.0 Å². The van der Waals surface area contributed by atoms with Gasteiger partial charge in [0.1, 0.15) is 0 Å². The summed E-state index contributed by atoms with van der Waals surface area (Å²) in [6, 6.07) is 0.214. The number of carbonyl (C=O) groups is 2. The number of methoxy groups -OCH3 is 1. The van der Waals surface area contributed by atoms with Gasteiger partial charge in [-0.1, -0.05) is 26.7 Å². The van der Waals surface area contributed by atoms with Crippen LogP contribution in [-0.4, -0.2) is 69.4 Å². The van der Waals surface area contributed by atoms with Crippen LogP contribution in [-0.2, 0) is 14.3 Å². The van der Waals surface area contributed by atoms with E-state index in [1.54, 1.807) is 0 Å². The van der Waals surface area contributed by atoms with Crippen molar-refractivity contribution in [2.45, 2.75) is 52.0 Å². The molecule has 0 radical (unpaired) electrons. The second kappa shape index (κ2) is 12.9. The normalized spacial score (nSPS) is 16.5. The number of esters is 1. The Bertz CT molecular complexity index is 383. The molecule has 0 aromatic heterocycles. The van der Waals surface area contributed by atoms with E-state index in [1.807, 2.05) is 0 Å². The van der Waals surface area contributed by atoms with Crippen LogP contribution in [0.15, 0.2) is 0 Å². The minimum Gasteiger partial charge on any atom is -0.469 e. The zero-order valence-electron chi connectivity index (χ0n) is 16.0. The molecular weight excluding hydrogens is 322 g/mol. The smallest absolute Gasteiger partial charge is 0.314 e. The first kappa shape index (κ1) is 21.7. The Hall–Kier alpha value is -1.34. The SMILES string of the molecule is CCC(CC)C(CNC(=O)NCCCCC(=O)OC)N1CCOCC1. The van der Waals surface area contributed by atoms with Gasteiger partial charge in [0.05, 0.1) is 20.3 Å². The number of hydrogen-bond donors (Lipinski definition) is 2. The highest BCUT2D eigenvalue weighted by Crippen LogP contribution is 2.19. The molecule has 2 N–H and O–H groups in total. The molecule has 1 aliphatic rings. The van der Waals surface area contributed by atoms with Crippen LogP contribution >= 0.6 is 0 Å². The summed E-state index contributed by atoms with van der Waals surface area (Å²) in [6.07, 6.45) is 4.09. The molecule has 1 fully saturated rings. The molecule has 1 rings (SSSR count). The van der Waals surface area contributed by atoms with Crippen molar-refractivity contribution >= 4 is 12.0 Å². The average molecular weight is 357 g/mol. The van der Waals surface area contributed by atoms with Gasteiger partial charge in [-0.25, -0.2) is 4.79 Å². The predicted octanol–water partition coefficient (Wildman–Crippen LogP) is 1.77. The molecular formula is C18H35N3O4. The van der Waals surface area contributed by atoms with Crippen LogP contribution in [0.5, 0.6) is 0 Å². The van der Waals surface area contributed by atoms with Crippen molar-refractivity contribution in [1.82, 2.24) is 15.5 Å². The topological polar surface area (TPSA) is 79.9 Å². The second-order valence-electron chi connectivity index (χ2n) is 6.46. The van der Waals surface area contributed by atoms with Crippen LogP contribution < -0.4 is 10.6 Å². The van der Waals surface area contributed by atoms with Gasteiger partial charge in [-0.05, 0) is 18.8 Å². The van der Waals surface area contributed by atoms with E-state index in [9.17, 15) is 9.59 Å². The minimum absolute atomic E-state index is 0.137. The number of carbonyl (C=O) groups excluding carboxylic acids is 2. The maximum Gasteiger partial charge on any atom is 0.314 e. The van der Waals surface area contributed by atoms with E-state index in [0.29, 0.717) is 31.5 Å². The van der Waals surface area contributed by atoms with Crippen molar-refractivity contribution in [3.05, 3.63) is 0 Å². The van der Waals surface area contributed by atoms with Gasteiger partial charge in [0.15, 0.2) is 0 Å². The summed E-state index contributed by atoms with van der Waals surface area (Å²) >= 11 is 0. The lowest BCUT2D eigenvalue weighted by Gasteiger charge is -2.38. The zero-order valence-corrected chi connectivity index (χ0v) is 16.0. The Balaban J connectivity index is 2.31. The van der Waals surface area contributed by atoms with Gasteiger partial charge in [-0.15, -0.1) is 0 Å². The summed E-state index contributed by atoms with van der Waals surface area (Å²) in [6.45, 7) is 9.03. The summed E-state index contributed by atoms with van der Waals surface area (Å²) in [7, 11) is 1.39. The summed E-state index contributed by atoms with van der Waals surface area (Å²) < 4.78 is 10.0. The standard InChI is InChI=1S/C18H35N3O4/c1-4-15(5-2)16(21-10-12-25-13-11-21)14-20-18(23)19-9-7-6-8-17(22)24-3/h15-16H,4-14H2,1-3H3,(H2,19,20,23). The lowest BCUT2D eigenvalue weighted by molar-refractivity contribution is -0.140. The molecule has 0 aliphatic carbocycles. The predicted molar refractivity (Wildman–Crippen MR) is 97.5 cm³/mol. The fraction of sp³-hybridized carbons (Fsp3) is 0.889. The van der Waals surface area contributed by atoms with E-state index < -0.39 is 0 Å². The number of nitrogens with zero attached hydrogens (tertiary/aromatic N) is 1. The molecule has 25 heavy (non-hydrogen) atoms. The Morgan fingerprint density at radius 1 is 1.12 bits per heavy atom. The van der Waals surface area contributed by atoms with Crippen LogP contribution in [0.4, 0.5) is 4.79 Å². The molecule has 0 bridgehead atoms. The van der Waals surface area contributed by atoms with Crippen molar-refractivity contribution in [1.29, 1.82) is 0 Å². The molecule has 7 heteroatoms. The number of ether oxygens (including phenoxy) is 2. The number of unbranched alkanes of at least 4 members (excludes halogenated alkanes) is 1. The number of hydrogen-bond acceptors (Lipinski definition) is 5. The molecule has 0 aromatic rings. The molecule has 1 saturated heterocycles. The van der Waals surface area contributed by atoms with Gasteiger partial charge in [0, 0.05) is 38.6 Å². The van der Waals surface area contributed by atoms with E-state index in [1.165, 1.54) is 7.11 Å². The van der Waals surface area contributed by atoms with E-state index in [0.717, 1.165) is 52.0 Å². The van der Waals surface area contributed by atoms with Gasteiger partial charge in [0.2, 0.25) is 0 Å². The van der Waals surface area contributed by atoms with Crippen molar-refractivity contribution in [2.75, 3.05) is 46.5 Å².